The molecule has 168 valence electrons. The van der Waals surface area contributed by atoms with Crippen LogP contribution in [0.15, 0.2) is 55.1 Å². The maximum atomic E-state index is 15.2. The zero-order chi connectivity index (χ0) is 23.0. The van der Waals surface area contributed by atoms with E-state index in [1.54, 1.807) is 12.1 Å². The van der Waals surface area contributed by atoms with E-state index in [1.807, 2.05) is 18.2 Å². The first kappa shape index (κ1) is 22.2. The number of ether oxygens (including phenoxy) is 1. The van der Waals surface area contributed by atoms with Crippen LogP contribution in [0.1, 0.15) is 37.2 Å². The van der Waals surface area contributed by atoms with Gasteiger partial charge in [0, 0.05) is 10.9 Å². The average molecular weight is 450 g/mol. The summed E-state index contributed by atoms with van der Waals surface area (Å²) < 4.78 is 83.8. The summed E-state index contributed by atoms with van der Waals surface area (Å²) in [5.41, 5.74) is 0.770. The summed E-state index contributed by atoms with van der Waals surface area (Å²) in [5.74, 6) is -4.50. The second kappa shape index (κ2) is 8.52. The molecule has 1 fully saturated rings. The minimum absolute atomic E-state index is 0.118. The minimum atomic E-state index is -5.25. The molecule has 0 bridgehead atoms. The summed E-state index contributed by atoms with van der Waals surface area (Å²) >= 11 is 0. The van der Waals surface area contributed by atoms with E-state index in [2.05, 4.69) is 11.3 Å². The molecule has 3 aromatic carbocycles. The molecule has 1 aliphatic carbocycles. The lowest BCUT2D eigenvalue weighted by Crippen LogP contribution is -2.19. The van der Waals surface area contributed by atoms with Gasteiger partial charge in [-0.05, 0) is 66.2 Å². The first-order valence-electron chi connectivity index (χ1n) is 10.3. The van der Waals surface area contributed by atoms with Crippen LogP contribution in [0, 0.1) is 23.4 Å². The van der Waals surface area contributed by atoms with Crippen LogP contribution in [0.5, 0.6) is 5.75 Å². The highest BCUT2D eigenvalue weighted by atomic mass is 19.4. The molecule has 0 atom stereocenters. The molecule has 0 N–H and O–H groups in total. The molecule has 1 nitrogen and oxygen atoms in total. The van der Waals surface area contributed by atoms with E-state index < -0.39 is 29.6 Å². The standard InChI is InChI=1S/C25H20F6O/c1-2-14-3-5-15(6-4-14)16-7-9-19-17(11-16)8-10-20(23(19)28)18-12-21(26)24(22(27)13-18)32-25(29,30)31/h2,7-15H,1,3-6H2/t14-,15-. The van der Waals surface area contributed by atoms with Gasteiger partial charge in [-0.1, -0.05) is 36.4 Å². The Kier molecular flexibility index (Phi) is 5.93. The fourth-order valence-electron chi connectivity index (χ4n) is 4.40. The van der Waals surface area contributed by atoms with Gasteiger partial charge in [0.05, 0.1) is 0 Å². The zero-order valence-corrected chi connectivity index (χ0v) is 17.0. The van der Waals surface area contributed by atoms with Gasteiger partial charge >= 0.3 is 6.36 Å². The van der Waals surface area contributed by atoms with Crippen LogP contribution in [0.3, 0.4) is 0 Å². The molecule has 0 heterocycles. The second-order valence-corrected chi connectivity index (χ2v) is 8.07. The molecule has 0 spiro atoms. The molecule has 3 aromatic rings. The Morgan fingerprint density at radius 1 is 0.875 bits per heavy atom. The molecular formula is C25H20F6O. The normalized spacial score (nSPS) is 19.2. The number of hydrogen-bond donors (Lipinski definition) is 0. The van der Waals surface area contributed by atoms with Crippen LogP contribution in [0.4, 0.5) is 26.3 Å². The number of benzene rings is 3. The van der Waals surface area contributed by atoms with Crippen molar-refractivity contribution >= 4 is 10.8 Å². The second-order valence-electron chi connectivity index (χ2n) is 8.07. The largest absolute Gasteiger partial charge is 0.573 e. The van der Waals surface area contributed by atoms with Gasteiger partial charge in [0.15, 0.2) is 11.6 Å². The minimum Gasteiger partial charge on any atom is -0.399 e. The van der Waals surface area contributed by atoms with Crippen molar-refractivity contribution in [2.75, 3.05) is 0 Å². The SMILES string of the molecule is C=C[C@H]1CC[C@H](c2ccc3c(F)c(-c4cc(F)c(OC(F)(F)F)c(F)c4)ccc3c2)CC1. The van der Waals surface area contributed by atoms with Crippen molar-refractivity contribution in [3.63, 3.8) is 0 Å². The Labute approximate surface area is 181 Å². The first-order chi connectivity index (χ1) is 15.2. The lowest BCUT2D eigenvalue weighted by Gasteiger charge is -2.27. The number of rotatable bonds is 4. The molecule has 0 unspecified atom stereocenters. The van der Waals surface area contributed by atoms with Crippen molar-refractivity contribution in [3.8, 4) is 16.9 Å². The highest BCUT2D eigenvalue weighted by Gasteiger charge is 2.34. The van der Waals surface area contributed by atoms with Gasteiger partial charge in [0.25, 0.3) is 0 Å². The molecule has 7 heteroatoms. The van der Waals surface area contributed by atoms with Gasteiger partial charge in [0.2, 0.25) is 5.75 Å². The summed E-state index contributed by atoms with van der Waals surface area (Å²) in [4.78, 5) is 0. The summed E-state index contributed by atoms with van der Waals surface area (Å²) in [6, 6.07) is 9.67. The van der Waals surface area contributed by atoms with E-state index in [0.29, 0.717) is 29.4 Å². The Balaban J connectivity index is 1.66. The molecule has 4 rings (SSSR count). The fraction of sp³-hybridized carbons (Fsp3) is 0.280. The van der Waals surface area contributed by atoms with Crippen molar-refractivity contribution in [3.05, 3.63) is 78.1 Å². The molecule has 0 amide bonds. The molecule has 0 aliphatic heterocycles. The number of alkyl halides is 3. The number of allylic oxidation sites excluding steroid dienone is 1. The summed E-state index contributed by atoms with van der Waals surface area (Å²) in [6.07, 6.45) is 0.900. The van der Waals surface area contributed by atoms with E-state index in [1.165, 1.54) is 6.07 Å². The van der Waals surface area contributed by atoms with E-state index in [0.717, 1.165) is 31.2 Å². The predicted octanol–water partition coefficient (Wildman–Crippen LogP) is 8.28. The van der Waals surface area contributed by atoms with Crippen LogP contribution in [-0.4, -0.2) is 6.36 Å². The van der Waals surface area contributed by atoms with Crippen LogP contribution in [0.25, 0.3) is 21.9 Å². The summed E-state index contributed by atoms with van der Waals surface area (Å²) in [7, 11) is 0. The monoisotopic (exact) mass is 450 g/mol. The number of fused-ring (bicyclic) bond motifs is 1. The van der Waals surface area contributed by atoms with Crippen molar-refractivity contribution in [2.24, 2.45) is 5.92 Å². The maximum Gasteiger partial charge on any atom is 0.573 e. The third-order valence-electron chi connectivity index (χ3n) is 6.08. The Morgan fingerprint density at radius 3 is 2.12 bits per heavy atom. The van der Waals surface area contributed by atoms with Crippen LogP contribution < -0.4 is 4.74 Å². The summed E-state index contributed by atoms with van der Waals surface area (Å²) in [6.45, 7) is 3.85. The third-order valence-corrected chi connectivity index (χ3v) is 6.08. The van der Waals surface area contributed by atoms with Crippen LogP contribution in [-0.2, 0) is 0 Å². The van der Waals surface area contributed by atoms with Gasteiger partial charge in [-0.2, -0.15) is 0 Å². The molecule has 32 heavy (non-hydrogen) atoms. The fourth-order valence-corrected chi connectivity index (χ4v) is 4.40. The Morgan fingerprint density at radius 2 is 1.53 bits per heavy atom. The lowest BCUT2D eigenvalue weighted by atomic mass is 9.78. The van der Waals surface area contributed by atoms with E-state index in [-0.39, 0.29) is 16.5 Å². The molecule has 0 saturated heterocycles. The lowest BCUT2D eigenvalue weighted by molar-refractivity contribution is -0.276. The van der Waals surface area contributed by atoms with E-state index in [4.69, 9.17) is 0 Å². The van der Waals surface area contributed by atoms with Gasteiger partial charge in [0.1, 0.15) is 5.82 Å². The Hall–Kier alpha value is -2.96. The maximum absolute atomic E-state index is 15.2. The van der Waals surface area contributed by atoms with Gasteiger partial charge in [-0.3, -0.25) is 0 Å². The number of halogens is 6. The van der Waals surface area contributed by atoms with Crippen LogP contribution >= 0.6 is 0 Å². The smallest absolute Gasteiger partial charge is 0.399 e. The van der Waals surface area contributed by atoms with E-state index in [9.17, 15) is 22.0 Å². The molecule has 1 saturated carbocycles. The van der Waals surface area contributed by atoms with E-state index >= 15 is 4.39 Å². The summed E-state index contributed by atoms with van der Waals surface area (Å²) in [5, 5.41) is 0.912. The van der Waals surface area contributed by atoms with Crippen molar-refractivity contribution in [1.29, 1.82) is 0 Å². The molecule has 0 aromatic heterocycles. The van der Waals surface area contributed by atoms with Gasteiger partial charge in [-0.25, -0.2) is 13.2 Å². The van der Waals surface area contributed by atoms with Gasteiger partial charge < -0.3 is 4.74 Å². The highest BCUT2D eigenvalue weighted by molar-refractivity contribution is 5.89. The number of hydrogen-bond acceptors (Lipinski definition) is 1. The first-order valence-corrected chi connectivity index (χ1v) is 10.3. The molecule has 1 aliphatic rings. The predicted molar refractivity (Wildman–Crippen MR) is 111 cm³/mol. The van der Waals surface area contributed by atoms with Crippen LogP contribution in [0.2, 0.25) is 0 Å². The third kappa shape index (κ3) is 4.47. The Bertz CT molecular complexity index is 1140. The molecular weight excluding hydrogens is 430 g/mol. The quantitative estimate of drug-likeness (QED) is 0.287. The van der Waals surface area contributed by atoms with Gasteiger partial charge in [-0.15, -0.1) is 19.8 Å². The van der Waals surface area contributed by atoms with Crippen molar-refractivity contribution in [2.45, 2.75) is 38.0 Å². The molecule has 0 radical (unpaired) electrons. The topological polar surface area (TPSA) is 9.23 Å². The average Bonchev–Trinajstić information content (AvgIpc) is 2.75. The zero-order valence-electron chi connectivity index (χ0n) is 17.0. The van der Waals surface area contributed by atoms with Crippen molar-refractivity contribution < 1.29 is 31.1 Å². The highest BCUT2D eigenvalue weighted by Crippen LogP contribution is 2.39. The van der Waals surface area contributed by atoms with Crippen molar-refractivity contribution in [1.82, 2.24) is 0 Å².